The molecule has 0 bridgehead atoms. The topological polar surface area (TPSA) is 75.6 Å². The van der Waals surface area contributed by atoms with E-state index in [9.17, 15) is 17.9 Å². The second-order valence-corrected chi connectivity index (χ2v) is 9.52. The number of hydrogen-bond donors (Lipinski definition) is 2. The zero-order chi connectivity index (χ0) is 19.4. The van der Waals surface area contributed by atoms with Gasteiger partial charge in [0.15, 0.2) is 11.6 Å². The molecule has 0 fully saturated rings. The number of rotatable bonds is 8. The molecule has 0 amide bonds. The van der Waals surface area contributed by atoms with Crippen LogP contribution in [0, 0.1) is 5.82 Å². The van der Waals surface area contributed by atoms with Crippen LogP contribution in [0.5, 0.6) is 5.75 Å². The maximum absolute atomic E-state index is 13.9. The Morgan fingerprint density at radius 1 is 1.22 bits per heavy atom. The Labute approximate surface area is 165 Å². The van der Waals surface area contributed by atoms with Gasteiger partial charge in [0.1, 0.15) is 6.10 Å². The zero-order valence-electron chi connectivity index (χ0n) is 14.4. The molecule has 0 unspecified atom stereocenters. The van der Waals surface area contributed by atoms with Crippen molar-refractivity contribution in [2.24, 2.45) is 0 Å². The molecule has 3 aromatic rings. The summed E-state index contributed by atoms with van der Waals surface area (Å²) < 4.78 is 46.2. The third kappa shape index (κ3) is 4.74. The number of hydrogen-bond acceptors (Lipinski definition) is 6. The summed E-state index contributed by atoms with van der Waals surface area (Å²) in [5, 5.41) is 12.2. The molecule has 3 rings (SSSR count). The molecule has 0 aliphatic carbocycles. The van der Waals surface area contributed by atoms with E-state index in [4.69, 9.17) is 4.74 Å². The molecule has 2 heterocycles. The number of halogens is 1. The minimum atomic E-state index is -3.87. The van der Waals surface area contributed by atoms with Crippen LogP contribution in [0.2, 0.25) is 0 Å². The first-order valence-electron chi connectivity index (χ1n) is 8.13. The number of aliphatic hydroxyl groups excluding tert-OH is 1. The predicted octanol–water partition coefficient (Wildman–Crippen LogP) is 3.91. The Morgan fingerprint density at radius 2 is 2.04 bits per heavy atom. The molecule has 27 heavy (non-hydrogen) atoms. The summed E-state index contributed by atoms with van der Waals surface area (Å²) in [7, 11) is -3.87. The van der Waals surface area contributed by atoms with E-state index in [1.807, 2.05) is 17.5 Å². The van der Waals surface area contributed by atoms with Gasteiger partial charge in [0, 0.05) is 21.2 Å². The van der Waals surface area contributed by atoms with E-state index in [2.05, 4.69) is 4.72 Å². The van der Waals surface area contributed by atoms with Gasteiger partial charge in [-0.1, -0.05) is 6.07 Å². The predicted molar refractivity (Wildman–Crippen MR) is 104 cm³/mol. The molecule has 144 valence electrons. The van der Waals surface area contributed by atoms with Crippen LogP contribution in [0.3, 0.4) is 0 Å². The number of benzene rings is 1. The fourth-order valence-electron chi connectivity index (χ4n) is 2.39. The van der Waals surface area contributed by atoms with Crippen LogP contribution in [0.4, 0.5) is 4.39 Å². The van der Waals surface area contributed by atoms with E-state index in [0.29, 0.717) is 6.61 Å². The highest BCUT2D eigenvalue weighted by Gasteiger charge is 2.18. The molecule has 5 nitrogen and oxygen atoms in total. The zero-order valence-corrected chi connectivity index (χ0v) is 16.8. The van der Waals surface area contributed by atoms with E-state index in [-0.39, 0.29) is 17.2 Å². The van der Waals surface area contributed by atoms with Gasteiger partial charge in [-0.3, -0.25) is 0 Å². The van der Waals surface area contributed by atoms with Gasteiger partial charge >= 0.3 is 0 Å². The maximum Gasteiger partial charge on any atom is 0.241 e. The van der Waals surface area contributed by atoms with Crippen LogP contribution < -0.4 is 9.46 Å². The molecule has 0 saturated heterocycles. The molecule has 0 radical (unpaired) electrons. The van der Waals surface area contributed by atoms with Crippen molar-refractivity contribution < 1.29 is 22.7 Å². The molecule has 2 aromatic heterocycles. The second kappa shape index (κ2) is 8.49. The Balaban J connectivity index is 1.68. The SMILES string of the molecule is CCOc1ccc(S(=O)(=O)NCc2ccc([C@H](O)c3cccs3)s2)cc1F. The van der Waals surface area contributed by atoms with Gasteiger partial charge in [-0.25, -0.2) is 17.5 Å². The van der Waals surface area contributed by atoms with Crippen LogP contribution >= 0.6 is 22.7 Å². The first kappa shape index (κ1) is 20.0. The van der Waals surface area contributed by atoms with E-state index in [1.54, 1.807) is 19.1 Å². The molecule has 0 saturated carbocycles. The van der Waals surface area contributed by atoms with E-state index < -0.39 is 21.9 Å². The number of thiophene rings is 2. The molecule has 1 atom stereocenters. The minimum Gasteiger partial charge on any atom is -0.491 e. The standard InChI is InChI=1S/C18H18FNO4S3/c1-2-24-15-7-6-13(10-14(15)19)27(22,23)20-11-12-5-8-17(26-12)18(21)16-4-3-9-25-16/h3-10,18,20-21H,2,11H2,1H3/t18-/m1/s1. The molecular weight excluding hydrogens is 409 g/mol. The Morgan fingerprint density at radius 3 is 2.70 bits per heavy atom. The Hall–Kier alpha value is -1.78. The lowest BCUT2D eigenvalue weighted by Crippen LogP contribution is -2.23. The third-order valence-electron chi connectivity index (χ3n) is 3.71. The quantitative estimate of drug-likeness (QED) is 0.572. The van der Waals surface area contributed by atoms with Gasteiger partial charge in [-0.15, -0.1) is 22.7 Å². The van der Waals surface area contributed by atoms with Gasteiger partial charge in [0.05, 0.1) is 11.5 Å². The molecule has 1 aromatic carbocycles. The van der Waals surface area contributed by atoms with Crippen molar-refractivity contribution >= 4 is 32.7 Å². The summed E-state index contributed by atoms with van der Waals surface area (Å²) in [6.45, 7) is 2.06. The lowest BCUT2D eigenvalue weighted by atomic mass is 10.2. The lowest BCUT2D eigenvalue weighted by molar-refractivity contribution is 0.228. The number of sulfonamides is 1. The van der Waals surface area contributed by atoms with Crippen molar-refractivity contribution in [1.82, 2.24) is 4.72 Å². The average Bonchev–Trinajstić information content (AvgIpc) is 3.33. The van der Waals surface area contributed by atoms with Crippen molar-refractivity contribution in [2.75, 3.05) is 6.61 Å². The highest BCUT2D eigenvalue weighted by molar-refractivity contribution is 7.89. The van der Waals surface area contributed by atoms with Gasteiger partial charge in [-0.2, -0.15) is 0 Å². The van der Waals surface area contributed by atoms with Crippen LogP contribution in [0.25, 0.3) is 0 Å². The van der Waals surface area contributed by atoms with Crippen molar-refractivity contribution in [3.05, 3.63) is 68.3 Å². The van der Waals surface area contributed by atoms with E-state index in [0.717, 1.165) is 20.7 Å². The maximum atomic E-state index is 13.9. The summed E-state index contributed by atoms with van der Waals surface area (Å²) in [5.41, 5.74) is 0. The number of aliphatic hydroxyl groups is 1. The van der Waals surface area contributed by atoms with E-state index in [1.165, 1.54) is 34.8 Å². The molecule has 2 N–H and O–H groups in total. The summed E-state index contributed by atoms with van der Waals surface area (Å²) in [6.07, 6.45) is -0.722. The van der Waals surface area contributed by atoms with Crippen molar-refractivity contribution in [3.63, 3.8) is 0 Å². The average molecular weight is 428 g/mol. The minimum absolute atomic E-state index is 0.0157. The monoisotopic (exact) mass is 427 g/mol. The third-order valence-corrected chi connectivity index (χ3v) is 7.18. The highest BCUT2D eigenvalue weighted by Crippen LogP contribution is 2.31. The lowest BCUT2D eigenvalue weighted by Gasteiger charge is -2.09. The summed E-state index contributed by atoms with van der Waals surface area (Å²) >= 11 is 2.78. The van der Waals surface area contributed by atoms with Crippen molar-refractivity contribution in [2.45, 2.75) is 24.5 Å². The first-order chi connectivity index (χ1) is 12.9. The van der Waals surface area contributed by atoms with Gasteiger partial charge in [0.2, 0.25) is 10.0 Å². The van der Waals surface area contributed by atoms with Crippen LogP contribution in [0.1, 0.15) is 27.7 Å². The van der Waals surface area contributed by atoms with Crippen molar-refractivity contribution in [1.29, 1.82) is 0 Å². The first-order valence-corrected chi connectivity index (χ1v) is 11.3. The fourth-order valence-corrected chi connectivity index (χ4v) is 5.26. The number of ether oxygens (including phenoxy) is 1. The summed E-state index contributed by atoms with van der Waals surface area (Å²) in [4.78, 5) is 2.14. The Bertz CT molecular complexity index is 1000. The van der Waals surface area contributed by atoms with Crippen LogP contribution in [0.15, 0.2) is 52.7 Å². The van der Waals surface area contributed by atoms with Crippen molar-refractivity contribution in [3.8, 4) is 5.75 Å². The second-order valence-electron chi connectivity index (χ2n) is 5.57. The van der Waals surface area contributed by atoms with E-state index >= 15 is 0 Å². The molecule has 0 aliphatic heterocycles. The van der Waals surface area contributed by atoms with Gasteiger partial charge in [0.25, 0.3) is 0 Å². The summed E-state index contributed by atoms with van der Waals surface area (Å²) in [6, 6.07) is 10.8. The largest absolute Gasteiger partial charge is 0.491 e. The molecule has 0 aliphatic rings. The smallest absolute Gasteiger partial charge is 0.241 e. The normalized spacial score (nSPS) is 12.9. The van der Waals surface area contributed by atoms with Crippen LogP contribution in [-0.4, -0.2) is 20.1 Å². The Kier molecular flexibility index (Phi) is 6.28. The van der Waals surface area contributed by atoms with Crippen LogP contribution in [-0.2, 0) is 16.6 Å². The van der Waals surface area contributed by atoms with Gasteiger partial charge in [-0.05, 0) is 48.7 Å². The fraction of sp³-hybridized carbons (Fsp3) is 0.222. The highest BCUT2D eigenvalue weighted by atomic mass is 32.2. The molecular formula is C18H18FNO4S3. The molecule has 9 heteroatoms. The van der Waals surface area contributed by atoms with Gasteiger partial charge < -0.3 is 9.84 Å². The number of nitrogens with one attached hydrogen (secondary N) is 1. The summed E-state index contributed by atoms with van der Waals surface area (Å²) in [5.74, 6) is -0.709. The molecule has 0 spiro atoms.